The number of hydrogen-bond donors (Lipinski definition) is 1. The van der Waals surface area contributed by atoms with Crippen molar-refractivity contribution in [2.24, 2.45) is 0 Å². The second-order valence-corrected chi connectivity index (χ2v) is 8.15. The number of hydrogen-bond acceptors (Lipinski definition) is 7. The van der Waals surface area contributed by atoms with Crippen molar-refractivity contribution in [3.63, 3.8) is 0 Å². The smallest absolute Gasteiger partial charge is 0.295 e. The molecule has 1 aliphatic rings. The lowest BCUT2D eigenvalue weighted by Gasteiger charge is -2.26. The van der Waals surface area contributed by atoms with Crippen molar-refractivity contribution in [3.8, 4) is 17.2 Å². The van der Waals surface area contributed by atoms with Gasteiger partial charge in [0.25, 0.3) is 11.7 Å². The first kappa shape index (κ1) is 25.7. The summed E-state index contributed by atoms with van der Waals surface area (Å²) in [4.78, 5) is 27.7. The number of benzene rings is 2. The summed E-state index contributed by atoms with van der Waals surface area (Å²) in [6.45, 7) is 0.609. The van der Waals surface area contributed by atoms with Crippen LogP contribution in [-0.4, -0.2) is 63.3 Å². The topological polar surface area (TPSA) is 94.5 Å². The fourth-order valence-corrected chi connectivity index (χ4v) is 4.68. The van der Waals surface area contributed by atoms with Crippen molar-refractivity contribution in [2.45, 2.75) is 12.5 Å². The molecule has 2 aromatic carbocycles. The Morgan fingerprint density at radius 3 is 2.32 bits per heavy atom. The van der Waals surface area contributed by atoms with E-state index < -0.39 is 23.5 Å². The van der Waals surface area contributed by atoms with E-state index in [2.05, 4.69) is 0 Å². The van der Waals surface area contributed by atoms with E-state index >= 15 is 0 Å². The highest BCUT2D eigenvalue weighted by Gasteiger charge is 2.47. The molecule has 0 bridgehead atoms. The molecule has 3 rings (SSSR count). The number of rotatable bonds is 9. The third-order valence-electron chi connectivity index (χ3n) is 5.52. The Kier molecular flexibility index (Phi) is 8.30. The molecule has 1 saturated heterocycles. The summed E-state index contributed by atoms with van der Waals surface area (Å²) in [6.07, 6.45) is 0.485. The summed E-state index contributed by atoms with van der Waals surface area (Å²) in [5.41, 5.74) is 0.448. The molecular weight excluding hydrogens is 485 g/mol. The van der Waals surface area contributed by atoms with Crippen LogP contribution in [0.4, 0.5) is 0 Å². The van der Waals surface area contributed by atoms with Gasteiger partial charge in [0.2, 0.25) is 0 Å². The fourth-order valence-electron chi connectivity index (χ4n) is 4.00. The largest absolute Gasteiger partial charge is 0.507 e. The lowest BCUT2D eigenvalue weighted by atomic mass is 9.94. The predicted octanol–water partition coefficient (Wildman–Crippen LogP) is 4.48. The highest BCUT2D eigenvalue weighted by molar-refractivity contribution is 6.47. The SMILES string of the molecule is COCCCN1C(=O)C(=O)/C(=C(/O)c2cc(Cl)c(OC)c(Cl)c2OC)C1c1ccccc1OC. The number of amides is 1. The van der Waals surface area contributed by atoms with Gasteiger partial charge in [-0.3, -0.25) is 9.59 Å². The zero-order chi connectivity index (χ0) is 25.0. The number of methoxy groups -OCH3 is 4. The molecule has 2 aromatic rings. The molecule has 1 fully saturated rings. The number of para-hydroxylation sites is 1. The first-order chi connectivity index (χ1) is 16.3. The molecule has 0 spiro atoms. The second-order valence-electron chi connectivity index (χ2n) is 7.37. The molecule has 182 valence electrons. The van der Waals surface area contributed by atoms with Gasteiger partial charge in [0.05, 0.1) is 43.5 Å². The van der Waals surface area contributed by atoms with Gasteiger partial charge in [-0.1, -0.05) is 41.4 Å². The number of carbonyl (C=O) groups is 2. The van der Waals surface area contributed by atoms with Crippen LogP contribution in [-0.2, 0) is 14.3 Å². The van der Waals surface area contributed by atoms with Gasteiger partial charge in [-0.05, 0) is 18.6 Å². The minimum absolute atomic E-state index is 0.0159. The molecule has 1 unspecified atom stereocenters. The summed E-state index contributed by atoms with van der Waals surface area (Å²) in [5.74, 6) is -1.43. The van der Waals surface area contributed by atoms with Crippen LogP contribution in [0.1, 0.15) is 23.6 Å². The number of aliphatic hydroxyl groups is 1. The molecule has 1 heterocycles. The maximum atomic E-state index is 13.2. The number of carbonyl (C=O) groups excluding carboxylic acids is 2. The number of ketones is 1. The molecule has 8 nitrogen and oxygen atoms in total. The van der Waals surface area contributed by atoms with Crippen LogP contribution in [0, 0.1) is 0 Å². The highest BCUT2D eigenvalue weighted by Crippen LogP contribution is 2.48. The van der Waals surface area contributed by atoms with E-state index in [0.717, 1.165) is 0 Å². The quantitative estimate of drug-likeness (QED) is 0.230. The van der Waals surface area contributed by atoms with E-state index in [-0.39, 0.29) is 39.2 Å². The van der Waals surface area contributed by atoms with Gasteiger partial charge < -0.3 is 29.0 Å². The monoisotopic (exact) mass is 509 g/mol. The zero-order valence-electron chi connectivity index (χ0n) is 19.2. The maximum Gasteiger partial charge on any atom is 0.295 e. The minimum Gasteiger partial charge on any atom is -0.507 e. The minimum atomic E-state index is -0.919. The van der Waals surface area contributed by atoms with Crippen LogP contribution in [0.15, 0.2) is 35.9 Å². The van der Waals surface area contributed by atoms with Crippen LogP contribution in [0.3, 0.4) is 0 Å². The number of likely N-dealkylation sites (tertiary alicyclic amines) is 1. The summed E-state index contributed by atoms with van der Waals surface area (Å²) in [5, 5.41) is 11.5. The Balaban J connectivity index is 2.29. The van der Waals surface area contributed by atoms with Gasteiger partial charge in [-0.15, -0.1) is 0 Å². The number of halogens is 2. The van der Waals surface area contributed by atoms with Gasteiger partial charge in [-0.25, -0.2) is 0 Å². The highest BCUT2D eigenvalue weighted by atomic mass is 35.5. The second kappa shape index (κ2) is 11.0. The van der Waals surface area contributed by atoms with Crippen molar-refractivity contribution in [1.29, 1.82) is 0 Å². The van der Waals surface area contributed by atoms with Gasteiger partial charge in [0.15, 0.2) is 11.5 Å². The first-order valence-electron chi connectivity index (χ1n) is 10.3. The molecule has 0 saturated carbocycles. The lowest BCUT2D eigenvalue weighted by molar-refractivity contribution is -0.140. The number of Topliss-reactive ketones (excluding diaryl/α,β-unsaturated/α-hetero) is 1. The summed E-state index contributed by atoms with van der Waals surface area (Å²) < 4.78 is 21.2. The van der Waals surface area contributed by atoms with Gasteiger partial charge in [0.1, 0.15) is 16.5 Å². The van der Waals surface area contributed by atoms with Gasteiger partial charge in [0, 0.05) is 25.8 Å². The van der Waals surface area contributed by atoms with Crippen LogP contribution >= 0.6 is 23.2 Å². The van der Waals surface area contributed by atoms with E-state index in [1.165, 1.54) is 32.3 Å². The maximum absolute atomic E-state index is 13.2. The third-order valence-corrected chi connectivity index (χ3v) is 6.14. The van der Waals surface area contributed by atoms with E-state index in [9.17, 15) is 14.7 Å². The molecule has 0 radical (unpaired) electrons. The zero-order valence-corrected chi connectivity index (χ0v) is 20.7. The number of nitrogens with zero attached hydrogens (tertiary/aromatic N) is 1. The Morgan fingerprint density at radius 2 is 1.71 bits per heavy atom. The standard InChI is InChI=1S/C24H25Cl2NO7/c1-31-11-7-10-27-19(13-8-5-6-9-16(13)32-2)17(21(29)24(27)30)20(28)14-12-15(25)23(34-4)18(26)22(14)33-3/h5-6,8-9,12,19,28H,7,10-11H2,1-4H3/b20-17+. The lowest BCUT2D eigenvalue weighted by Crippen LogP contribution is -2.31. The molecule has 34 heavy (non-hydrogen) atoms. The average molecular weight is 510 g/mol. The molecule has 1 amide bonds. The van der Waals surface area contributed by atoms with E-state index in [1.807, 2.05) is 0 Å². The van der Waals surface area contributed by atoms with Crippen LogP contribution < -0.4 is 14.2 Å². The van der Waals surface area contributed by atoms with Crippen LogP contribution in [0.2, 0.25) is 10.0 Å². The molecule has 1 atom stereocenters. The van der Waals surface area contributed by atoms with Gasteiger partial charge >= 0.3 is 0 Å². The van der Waals surface area contributed by atoms with Crippen molar-refractivity contribution < 1.29 is 33.6 Å². The Morgan fingerprint density at radius 1 is 1.03 bits per heavy atom. The molecule has 0 aliphatic carbocycles. The van der Waals surface area contributed by atoms with Crippen molar-refractivity contribution in [1.82, 2.24) is 4.90 Å². The van der Waals surface area contributed by atoms with Crippen LogP contribution in [0.5, 0.6) is 17.2 Å². The molecule has 1 aliphatic heterocycles. The van der Waals surface area contributed by atoms with Crippen molar-refractivity contribution >= 4 is 40.7 Å². The Labute approximate surface area is 207 Å². The number of ether oxygens (including phenoxy) is 4. The molecular formula is C24H25Cl2NO7. The Bertz CT molecular complexity index is 1130. The van der Waals surface area contributed by atoms with Crippen LogP contribution in [0.25, 0.3) is 5.76 Å². The summed E-state index contributed by atoms with van der Waals surface area (Å²) in [7, 11) is 5.78. The summed E-state index contributed by atoms with van der Waals surface area (Å²) >= 11 is 12.7. The van der Waals surface area contributed by atoms with E-state index in [4.69, 9.17) is 42.1 Å². The van der Waals surface area contributed by atoms with Gasteiger partial charge in [-0.2, -0.15) is 0 Å². The van der Waals surface area contributed by atoms with E-state index in [0.29, 0.717) is 24.3 Å². The predicted molar refractivity (Wildman–Crippen MR) is 128 cm³/mol. The molecule has 0 aromatic heterocycles. The average Bonchev–Trinajstić information content (AvgIpc) is 3.08. The Hall–Kier alpha value is -2.94. The fraction of sp³-hybridized carbons (Fsp3) is 0.333. The molecule has 10 heteroatoms. The normalized spacial score (nSPS) is 17.2. The van der Waals surface area contributed by atoms with Crippen molar-refractivity contribution in [2.75, 3.05) is 41.6 Å². The third kappa shape index (κ3) is 4.53. The van der Waals surface area contributed by atoms with Crippen molar-refractivity contribution in [3.05, 3.63) is 57.1 Å². The molecule has 1 N–H and O–H groups in total. The summed E-state index contributed by atoms with van der Waals surface area (Å²) in [6, 6.07) is 7.43. The number of aliphatic hydroxyl groups excluding tert-OH is 1. The first-order valence-corrected chi connectivity index (χ1v) is 11.1. The van der Waals surface area contributed by atoms with E-state index in [1.54, 1.807) is 31.4 Å².